The Balaban J connectivity index is 2.52. The fourth-order valence-corrected chi connectivity index (χ4v) is 1.87. The van der Waals surface area contributed by atoms with Crippen LogP contribution in [0.2, 0.25) is 0 Å². The van der Waals surface area contributed by atoms with Gasteiger partial charge in [0.05, 0.1) is 12.2 Å². The number of aliphatic hydroxyl groups is 1. The number of esters is 1. The summed E-state index contributed by atoms with van der Waals surface area (Å²) in [4.78, 5) is 15.3. The number of hydrogen-bond acceptors (Lipinski definition) is 6. The number of oxazole rings is 1. The second-order valence-electron chi connectivity index (χ2n) is 5.21. The van der Waals surface area contributed by atoms with Gasteiger partial charge in [-0.3, -0.25) is 0 Å². The predicted molar refractivity (Wildman–Crippen MR) is 71.0 cm³/mol. The van der Waals surface area contributed by atoms with E-state index in [1.807, 2.05) is 13.8 Å². The van der Waals surface area contributed by atoms with Gasteiger partial charge in [0, 0.05) is 6.54 Å². The third-order valence-electron chi connectivity index (χ3n) is 2.46. The minimum Gasteiger partial charge on any atom is -0.461 e. The number of hydrogen-bond donors (Lipinski definition) is 2. The molecular weight excluding hydrogens is 248 g/mol. The number of anilines is 1. The zero-order chi connectivity index (χ0) is 14.5. The lowest BCUT2D eigenvalue weighted by molar-refractivity contribution is 0.0508. The van der Waals surface area contributed by atoms with Gasteiger partial charge in [-0.2, -0.15) is 4.98 Å². The molecule has 6 nitrogen and oxygen atoms in total. The lowest BCUT2D eigenvalue weighted by Crippen LogP contribution is -2.35. The summed E-state index contributed by atoms with van der Waals surface area (Å²) in [5.41, 5.74) is -0.736. The number of carbonyl (C=O) groups is 1. The number of aromatic nitrogens is 1. The summed E-state index contributed by atoms with van der Waals surface area (Å²) in [5.74, 6) is -0.135. The molecule has 0 saturated carbocycles. The van der Waals surface area contributed by atoms with E-state index in [4.69, 9.17) is 9.15 Å². The highest BCUT2D eigenvalue weighted by Gasteiger charge is 2.22. The number of carbonyl (C=O) groups excluding carboxylic acids is 1. The molecule has 0 amide bonds. The van der Waals surface area contributed by atoms with Crippen LogP contribution < -0.4 is 5.32 Å². The average Bonchev–Trinajstić information content (AvgIpc) is 2.74. The van der Waals surface area contributed by atoms with E-state index in [0.717, 1.165) is 0 Å². The van der Waals surface area contributed by atoms with E-state index in [2.05, 4.69) is 10.3 Å². The molecule has 0 fully saturated rings. The largest absolute Gasteiger partial charge is 0.461 e. The molecule has 0 aliphatic heterocycles. The molecule has 1 unspecified atom stereocenters. The van der Waals surface area contributed by atoms with Crippen LogP contribution >= 0.6 is 0 Å². The zero-order valence-electron chi connectivity index (χ0n) is 11.9. The molecule has 2 N–H and O–H groups in total. The number of nitrogens with one attached hydrogen (secondary N) is 1. The molecule has 0 aliphatic carbocycles. The first-order valence-electron chi connectivity index (χ1n) is 6.43. The lowest BCUT2D eigenvalue weighted by Gasteiger charge is -2.25. The quantitative estimate of drug-likeness (QED) is 0.738. The summed E-state index contributed by atoms with van der Waals surface area (Å²) in [5, 5.41) is 13.0. The Morgan fingerprint density at radius 1 is 1.63 bits per heavy atom. The summed E-state index contributed by atoms with van der Waals surface area (Å²) in [6.07, 6.45) is 1.89. The fraction of sp³-hybridized carbons (Fsp3) is 0.692. The van der Waals surface area contributed by atoms with Gasteiger partial charge < -0.3 is 19.6 Å². The van der Waals surface area contributed by atoms with Crippen LogP contribution in [0.1, 0.15) is 44.6 Å². The van der Waals surface area contributed by atoms with E-state index in [0.29, 0.717) is 18.9 Å². The van der Waals surface area contributed by atoms with E-state index in [1.165, 1.54) is 6.26 Å². The molecule has 0 aliphatic rings. The molecule has 108 valence electrons. The number of rotatable bonds is 7. The average molecular weight is 270 g/mol. The van der Waals surface area contributed by atoms with Crippen LogP contribution in [0.5, 0.6) is 0 Å². The molecular formula is C13H22N2O4. The Labute approximate surface area is 113 Å². The van der Waals surface area contributed by atoms with Gasteiger partial charge in [0.15, 0.2) is 5.69 Å². The highest BCUT2D eigenvalue weighted by Crippen LogP contribution is 2.17. The van der Waals surface area contributed by atoms with Gasteiger partial charge in [-0.1, -0.05) is 13.8 Å². The van der Waals surface area contributed by atoms with Gasteiger partial charge in [0.2, 0.25) is 0 Å². The van der Waals surface area contributed by atoms with Crippen molar-refractivity contribution < 1.29 is 19.1 Å². The monoisotopic (exact) mass is 270 g/mol. The van der Waals surface area contributed by atoms with Crippen LogP contribution in [0.4, 0.5) is 6.01 Å². The summed E-state index contributed by atoms with van der Waals surface area (Å²) in [7, 11) is 0. The van der Waals surface area contributed by atoms with Crippen molar-refractivity contribution in [3.63, 3.8) is 0 Å². The van der Waals surface area contributed by atoms with Crippen molar-refractivity contribution in [1.82, 2.24) is 4.98 Å². The molecule has 0 bridgehead atoms. The Bertz CT molecular complexity index is 413. The van der Waals surface area contributed by atoms with E-state index in [9.17, 15) is 9.90 Å². The molecule has 19 heavy (non-hydrogen) atoms. The third-order valence-corrected chi connectivity index (χ3v) is 2.46. The second-order valence-corrected chi connectivity index (χ2v) is 5.21. The summed E-state index contributed by atoms with van der Waals surface area (Å²) in [6, 6.07) is 0.201. The molecule has 1 heterocycles. The predicted octanol–water partition coefficient (Wildman–Crippen LogP) is 2.06. The first-order valence-corrected chi connectivity index (χ1v) is 6.43. The summed E-state index contributed by atoms with van der Waals surface area (Å²) < 4.78 is 9.90. The van der Waals surface area contributed by atoms with E-state index < -0.39 is 11.6 Å². The van der Waals surface area contributed by atoms with Crippen molar-refractivity contribution in [2.75, 3.05) is 18.5 Å². The van der Waals surface area contributed by atoms with Crippen LogP contribution in [0.25, 0.3) is 0 Å². The molecule has 1 aromatic heterocycles. The maximum absolute atomic E-state index is 11.4. The van der Waals surface area contributed by atoms with E-state index in [1.54, 1.807) is 13.8 Å². The maximum Gasteiger partial charge on any atom is 0.360 e. The lowest BCUT2D eigenvalue weighted by atomic mass is 9.94. The van der Waals surface area contributed by atoms with Crippen molar-refractivity contribution in [1.29, 1.82) is 0 Å². The smallest absolute Gasteiger partial charge is 0.360 e. The van der Waals surface area contributed by atoms with Crippen LogP contribution in [-0.4, -0.2) is 34.8 Å². The highest BCUT2D eigenvalue weighted by atomic mass is 16.5. The number of nitrogens with zero attached hydrogens (tertiary/aromatic N) is 1. The van der Waals surface area contributed by atoms with Gasteiger partial charge in [-0.25, -0.2) is 4.79 Å². The minimum atomic E-state index is -0.854. The fourth-order valence-electron chi connectivity index (χ4n) is 1.87. The maximum atomic E-state index is 11.4. The summed E-state index contributed by atoms with van der Waals surface area (Å²) >= 11 is 0. The van der Waals surface area contributed by atoms with Crippen LogP contribution in [0, 0.1) is 5.92 Å². The molecule has 1 atom stereocenters. The Kier molecular flexibility index (Phi) is 5.35. The van der Waals surface area contributed by atoms with Crippen molar-refractivity contribution in [3.8, 4) is 0 Å². The first kappa shape index (κ1) is 15.5. The first-order chi connectivity index (χ1) is 8.84. The summed E-state index contributed by atoms with van der Waals surface area (Å²) in [6.45, 7) is 8.14. The Morgan fingerprint density at radius 3 is 2.89 bits per heavy atom. The Hall–Kier alpha value is -1.56. The standard InChI is InChI=1S/C13H22N2O4/c1-5-18-11(16)10-7-19-12(15-10)14-8-13(4,17)6-9(2)3/h7,9,17H,5-6,8H2,1-4H3,(H,14,15). The topological polar surface area (TPSA) is 84.6 Å². The van der Waals surface area contributed by atoms with E-state index in [-0.39, 0.29) is 18.3 Å². The highest BCUT2D eigenvalue weighted by molar-refractivity contribution is 5.87. The van der Waals surface area contributed by atoms with Crippen LogP contribution in [0.15, 0.2) is 10.7 Å². The van der Waals surface area contributed by atoms with Crippen LogP contribution in [-0.2, 0) is 4.74 Å². The normalized spacial score (nSPS) is 14.2. The second kappa shape index (κ2) is 6.56. The van der Waals surface area contributed by atoms with Gasteiger partial charge in [0.25, 0.3) is 6.01 Å². The van der Waals surface area contributed by atoms with Gasteiger partial charge >= 0.3 is 5.97 Å². The molecule has 0 spiro atoms. The zero-order valence-corrected chi connectivity index (χ0v) is 11.9. The van der Waals surface area contributed by atoms with Crippen molar-refractivity contribution in [3.05, 3.63) is 12.0 Å². The number of ether oxygens (including phenoxy) is 1. The molecule has 6 heteroatoms. The third kappa shape index (κ3) is 5.30. The molecule has 0 saturated heterocycles. The Morgan fingerprint density at radius 2 is 2.32 bits per heavy atom. The molecule has 1 aromatic rings. The van der Waals surface area contributed by atoms with Gasteiger partial charge in [-0.15, -0.1) is 0 Å². The minimum absolute atomic E-state index is 0.118. The molecule has 0 aromatic carbocycles. The van der Waals surface area contributed by atoms with Crippen molar-refractivity contribution >= 4 is 12.0 Å². The van der Waals surface area contributed by atoms with Crippen molar-refractivity contribution in [2.45, 2.75) is 39.7 Å². The molecule has 1 rings (SSSR count). The van der Waals surface area contributed by atoms with Crippen LogP contribution in [0.3, 0.4) is 0 Å². The van der Waals surface area contributed by atoms with E-state index >= 15 is 0 Å². The van der Waals surface area contributed by atoms with Gasteiger partial charge in [0.1, 0.15) is 6.26 Å². The molecule has 0 radical (unpaired) electrons. The van der Waals surface area contributed by atoms with Crippen molar-refractivity contribution in [2.24, 2.45) is 5.92 Å². The SMILES string of the molecule is CCOC(=O)c1coc(NCC(C)(O)CC(C)C)n1. The van der Waals surface area contributed by atoms with Gasteiger partial charge in [-0.05, 0) is 26.2 Å².